The van der Waals surface area contributed by atoms with Gasteiger partial charge in [0.2, 0.25) is 0 Å². The van der Waals surface area contributed by atoms with Crippen molar-refractivity contribution in [2.24, 2.45) is 0 Å². The molecule has 0 bridgehead atoms. The summed E-state index contributed by atoms with van der Waals surface area (Å²) in [5.41, 5.74) is 0.689. The monoisotopic (exact) mass is 320 g/mol. The predicted molar refractivity (Wildman–Crippen MR) is 83.1 cm³/mol. The van der Waals surface area contributed by atoms with Crippen LogP contribution >= 0.6 is 11.6 Å². The van der Waals surface area contributed by atoms with Gasteiger partial charge in [-0.05, 0) is 17.7 Å². The molecule has 2 aromatic rings. The highest BCUT2D eigenvalue weighted by atomic mass is 35.5. The Balaban J connectivity index is 2.12. The van der Waals surface area contributed by atoms with Gasteiger partial charge in [0.05, 0.1) is 4.92 Å². The highest BCUT2D eigenvalue weighted by molar-refractivity contribution is 6.31. The molecule has 1 amide bonds. The number of rotatable bonds is 4. The first kappa shape index (κ1) is 15.8. The van der Waals surface area contributed by atoms with Gasteiger partial charge in [-0.15, -0.1) is 0 Å². The van der Waals surface area contributed by atoms with Gasteiger partial charge in [-0.3, -0.25) is 15.0 Å². The Morgan fingerprint density at radius 2 is 1.95 bits per heavy atom. The summed E-state index contributed by atoms with van der Waals surface area (Å²) in [7, 11) is 1.41. The van der Waals surface area contributed by atoms with Gasteiger partial charge in [0, 0.05) is 18.1 Å². The van der Waals surface area contributed by atoms with Gasteiger partial charge in [-0.1, -0.05) is 41.9 Å². The molecule has 0 aliphatic rings. The van der Waals surface area contributed by atoms with Crippen LogP contribution in [0.5, 0.6) is 0 Å². The van der Waals surface area contributed by atoms with Crippen LogP contribution in [0.25, 0.3) is 0 Å². The van der Waals surface area contributed by atoms with Gasteiger partial charge in [0.1, 0.15) is 12.3 Å². The van der Waals surface area contributed by atoms with Gasteiger partial charge in [0.25, 0.3) is 5.69 Å². The Hall–Kier alpha value is -2.60. The maximum absolute atomic E-state index is 12.0. The summed E-state index contributed by atoms with van der Waals surface area (Å²) < 4.78 is 5.14. The van der Waals surface area contributed by atoms with Crippen molar-refractivity contribution in [1.82, 2.24) is 0 Å². The minimum Gasteiger partial charge on any atom is -0.444 e. The van der Waals surface area contributed by atoms with Crippen molar-refractivity contribution in [2.45, 2.75) is 6.61 Å². The van der Waals surface area contributed by atoms with Crippen molar-refractivity contribution in [3.8, 4) is 0 Å². The number of benzene rings is 2. The number of hydrogen-bond acceptors (Lipinski definition) is 4. The standard InChI is InChI=1S/C15H13ClN2O4/c1-17(13-8-7-12(16)9-14(13)18(20)21)15(19)22-10-11-5-3-2-4-6-11/h2-9H,10H2,1H3. The topological polar surface area (TPSA) is 72.7 Å². The number of hydrogen-bond donors (Lipinski definition) is 0. The molecule has 0 saturated heterocycles. The van der Waals surface area contributed by atoms with E-state index in [-0.39, 0.29) is 23.0 Å². The number of carbonyl (C=O) groups excluding carboxylic acids is 1. The van der Waals surface area contributed by atoms with Gasteiger partial charge >= 0.3 is 6.09 Å². The Morgan fingerprint density at radius 3 is 2.59 bits per heavy atom. The van der Waals surface area contributed by atoms with E-state index >= 15 is 0 Å². The molecular weight excluding hydrogens is 308 g/mol. The lowest BCUT2D eigenvalue weighted by Gasteiger charge is -2.17. The lowest BCUT2D eigenvalue weighted by molar-refractivity contribution is -0.384. The highest BCUT2D eigenvalue weighted by Gasteiger charge is 2.22. The smallest absolute Gasteiger partial charge is 0.414 e. The zero-order chi connectivity index (χ0) is 16.1. The van der Waals surface area contributed by atoms with Crippen molar-refractivity contribution >= 4 is 29.1 Å². The fourth-order valence-corrected chi connectivity index (χ4v) is 2.01. The molecule has 22 heavy (non-hydrogen) atoms. The van der Waals surface area contributed by atoms with E-state index < -0.39 is 11.0 Å². The Kier molecular flexibility index (Phi) is 4.95. The van der Waals surface area contributed by atoms with E-state index in [0.717, 1.165) is 10.5 Å². The molecule has 0 heterocycles. The molecule has 0 aromatic heterocycles. The van der Waals surface area contributed by atoms with E-state index in [4.69, 9.17) is 16.3 Å². The first-order chi connectivity index (χ1) is 10.5. The molecule has 0 fully saturated rings. The molecule has 0 spiro atoms. The van der Waals surface area contributed by atoms with Crippen LogP contribution in [0.2, 0.25) is 5.02 Å². The first-order valence-corrected chi connectivity index (χ1v) is 6.75. The van der Waals surface area contributed by atoms with Gasteiger partial charge < -0.3 is 4.74 Å². The fourth-order valence-electron chi connectivity index (χ4n) is 1.84. The van der Waals surface area contributed by atoms with Crippen molar-refractivity contribution in [3.63, 3.8) is 0 Å². The maximum atomic E-state index is 12.0. The summed E-state index contributed by atoms with van der Waals surface area (Å²) in [6.07, 6.45) is -0.686. The number of nitro benzene ring substituents is 1. The molecule has 0 aliphatic heterocycles. The Bertz CT molecular complexity index is 691. The van der Waals surface area contributed by atoms with E-state index in [1.54, 1.807) is 0 Å². The number of anilines is 1. The van der Waals surface area contributed by atoms with Crippen LogP contribution in [-0.4, -0.2) is 18.1 Å². The number of halogens is 1. The summed E-state index contributed by atoms with van der Waals surface area (Å²) >= 11 is 5.75. The Morgan fingerprint density at radius 1 is 1.27 bits per heavy atom. The van der Waals surface area contributed by atoms with Crippen LogP contribution in [0.1, 0.15) is 5.56 Å². The van der Waals surface area contributed by atoms with Crippen molar-refractivity contribution in [1.29, 1.82) is 0 Å². The number of carbonyl (C=O) groups is 1. The average molecular weight is 321 g/mol. The van der Waals surface area contributed by atoms with E-state index in [2.05, 4.69) is 0 Å². The third kappa shape index (κ3) is 3.73. The minimum atomic E-state index is -0.686. The van der Waals surface area contributed by atoms with E-state index in [1.165, 1.54) is 25.2 Å². The molecule has 7 heteroatoms. The van der Waals surface area contributed by atoms with Gasteiger partial charge in [0.15, 0.2) is 0 Å². The van der Waals surface area contributed by atoms with Crippen LogP contribution in [0.4, 0.5) is 16.2 Å². The van der Waals surface area contributed by atoms with Crippen LogP contribution < -0.4 is 4.90 Å². The maximum Gasteiger partial charge on any atom is 0.414 e. The molecule has 114 valence electrons. The number of nitrogens with zero attached hydrogens (tertiary/aromatic N) is 2. The lowest BCUT2D eigenvalue weighted by atomic mass is 10.2. The molecule has 0 atom stereocenters. The fraction of sp³-hybridized carbons (Fsp3) is 0.133. The second kappa shape index (κ2) is 6.91. The quantitative estimate of drug-likeness (QED) is 0.630. The number of nitro groups is 1. The highest BCUT2D eigenvalue weighted by Crippen LogP contribution is 2.30. The van der Waals surface area contributed by atoms with Crippen LogP contribution in [-0.2, 0) is 11.3 Å². The summed E-state index contributed by atoms with van der Waals surface area (Å²) in [4.78, 5) is 23.6. The minimum absolute atomic E-state index is 0.0887. The van der Waals surface area contributed by atoms with Gasteiger partial charge in [-0.25, -0.2) is 4.79 Å². The van der Waals surface area contributed by atoms with E-state index in [0.29, 0.717) is 0 Å². The number of amides is 1. The van der Waals surface area contributed by atoms with Crippen LogP contribution in [0, 0.1) is 10.1 Å². The van der Waals surface area contributed by atoms with Crippen LogP contribution in [0.15, 0.2) is 48.5 Å². The second-order valence-electron chi connectivity index (χ2n) is 4.49. The predicted octanol–water partition coefficient (Wildman–Crippen LogP) is 4.02. The largest absolute Gasteiger partial charge is 0.444 e. The first-order valence-electron chi connectivity index (χ1n) is 6.37. The zero-order valence-corrected chi connectivity index (χ0v) is 12.5. The summed E-state index contributed by atoms with van der Waals surface area (Å²) in [5.74, 6) is 0. The third-order valence-corrected chi connectivity index (χ3v) is 3.21. The number of ether oxygens (including phenoxy) is 1. The third-order valence-electron chi connectivity index (χ3n) is 2.97. The molecule has 0 saturated carbocycles. The average Bonchev–Trinajstić information content (AvgIpc) is 2.52. The normalized spacial score (nSPS) is 10.1. The van der Waals surface area contributed by atoms with Gasteiger partial charge in [-0.2, -0.15) is 0 Å². The Labute approximate surface area is 132 Å². The molecule has 0 unspecified atom stereocenters. The molecule has 2 rings (SSSR count). The van der Waals surface area contributed by atoms with Crippen LogP contribution in [0.3, 0.4) is 0 Å². The molecule has 0 radical (unpaired) electrons. The second-order valence-corrected chi connectivity index (χ2v) is 4.93. The summed E-state index contributed by atoms with van der Waals surface area (Å²) in [6.45, 7) is 0.0887. The van der Waals surface area contributed by atoms with E-state index in [1.807, 2.05) is 30.3 Å². The molecular formula is C15H13ClN2O4. The summed E-state index contributed by atoms with van der Waals surface area (Å²) in [6, 6.07) is 13.2. The van der Waals surface area contributed by atoms with Crippen molar-refractivity contribution in [2.75, 3.05) is 11.9 Å². The molecule has 0 aliphatic carbocycles. The molecule has 2 aromatic carbocycles. The van der Waals surface area contributed by atoms with E-state index in [9.17, 15) is 14.9 Å². The van der Waals surface area contributed by atoms with Crippen molar-refractivity contribution < 1.29 is 14.5 Å². The molecule has 6 nitrogen and oxygen atoms in total. The SMILES string of the molecule is CN(C(=O)OCc1ccccc1)c1ccc(Cl)cc1[N+](=O)[O-]. The lowest BCUT2D eigenvalue weighted by Crippen LogP contribution is -2.27. The zero-order valence-electron chi connectivity index (χ0n) is 11.7. The van der Waals surface area contributed by atoms with Crippen molar-refractivity contribution in [3.05, 3.63) is 69.2 Å². The summed E-state index contributed by atoms with van der Waals surface area (Å²) in [5, 5.41) is 11.3. The molecule has 0 N–H and O–H groups in total.